The van der Waals surface area contributed by atoms with E-state index >= 15 is 0 Å². The van der Waals surface area contributed by atoms with E-state index in [-0.39, 0.29) is 5.84 Å². The van der Waals surface area contributed by atoms with E-state index in [1.807, 2.05) is 13.8 Å². The molecule has 100 valence electrons. The minimum Gasteiger partial charge on any atom is -0.388 e. The first-order valence-corrected chi connectivity index (χ1v) is 6.28. The van der Waals surface area contributed by atoms with Crippen LogP contribution in [0, 0.1) is 25.2 Å². The second-order valence-electron chi connectivity index (χ2n) is 5.01. The summed E-state index contributed by atoms with van der Waals surface area (Å²) in [4.78, 5) is 11.0. The molecule has 0 amide bonds. The predicted octanol–water partition coefficient (Wildman–Crippen LogP) is 1.88. The highest BCUT2D eigenvalue weighted by Gasteiger charge is 2.11. The summed E-state index contributed by atoms with van der Waals surface area (Å²) in [5.74, 6) is 1.61. The number of amidine groups is 1. The first-order chi connectivity index (χ1) is 8.40. The van der Waals surface area contributed by atoms with Crippen LogP contribution in [0.5, 0.6) is 0 Å². The Hall–Kier alpha value is -1.65. The van der Waals surface area contributed by atoms with Crippen molar-refractivity contribution in [2.45, 2.75) is 34.1 Å². The molecule has 0 fully saturated rings. The Bertz CT molecular complexity index is 414. The van der Waals surface area contributed by atoms with Gasteiger partial charge in [0, 0.05) is 19.5 Å². The van der Waals surface area contributed by atoms with Gasteiger partial charge < -0.3 is 10.6 Å². The van der Waals surface area contributed by atoms with Crippen molar-refractivity contribution in [2.24, 2.45) is 11.7 Å². The minimum atomic E-state index is 0.209. The minimum absolute atomic E-state index is 0.209. The third-order valence-corrected chi connectivity index (χ3v) is 2.74. The summed E-state index contributed by atoms with van der Waals surface area (Å²) in [6.45, 7) is 9.85. The monoisotopic (exact) mass is 249 g/mol. The summed E-state index contributed by atoms with van der Waals surface area (Å²) in [5, 5.41) is 7.32. The summed E-state index contributed by atoms with van der Waals surface area (Å²) in [5.41, 5.74) is 7.33. The number of hydrogen-bond acceptors (Lipinski definition) is 4. The normalized spacial score (nSPS) is 10.7. The van der Waals surface area contributed by atoms with Gasteiger partial charge in [0.1, 0.15) is 5.82 Å². The smallest absolute Gasteiger partial charge is 0.147 e. The van der Waals surface area contributed by atoms with E-state index in [9.17, 15) is 0 Å². The van der Waals surface area contributed by atoms with Crippen molar-refractivity contribution in [3.8, 4) is 0 Å². The molecule has 1 aromatic heterocycles. The molecular weight excluding hydrogens is 226 g/mol. The van der Waals surface area contributed by atoms with E-state index in [4.69, 9.17) is 11.1 Å². The molecule has 1 heterocycles. The van der Waals surface area contributed by atoms with E-state index < -0.39 is 0 Å². The number of nitrogens with zero attached hydrogens (tertiary/aromatic N) is 3. The molecule has 0 aliphatic carbocycles. The second kappa shape index (κ2) is 6.33. The number of rotatable bonds is 6. The van der Waals surface area contributed by atoms with Crippen LogP contribution < -0.4 is 10.6 Å². The van der Waals surface area contributed by atoms with E-state index in [2.05, 4.69) is 28.7 Å². The van der Waals surface area contributed by atoms with E-state index in [1.165, 1.54) is 0 Å². The van der Waals surface area contributed by atoms with Gasteiger partial charge in [-0.1, -0.05) is 13.8 Å². The number of aryl methyl sites for hydroxylation is 2. The van der Waals surface area contributed by atoms with Crippen LogP contribution in [0.4, 0.5) is 5.82 Å². The van der Waals surface area contributed by atoms with Crippen molar-refractivity contribution >= 4 is 11.7 Å². The molecule has 0 radical (unpaired) electrons. The van der Waals surface area contributed by atoms with Gasteiger partial charge in [-0.15, -0.1) is 0 Å². The number of aromatic nitrogens is 2. The lowest BCUT2D eigenvalue weighted by atomic mass is 10.2. The quantitative estimate of drug-likeness (QED) is 0.596. The van der Waals surface area contributed by atoms with Crippen molar-refractivity contribution in [1.82, 2.24) is 9.97 Å². The van der Waals surface area contributed by atoms with Gasteiger partial charge in [0.05, 0.1) is 23.4 Å². The summed E-state index contributed by atoms with van der Waals surface area (Å²) < 4.78 is 0. The third kappa shape index (κ3) is 4.31. The molecule has 5 nitrogen and oxygen atoms in total. The Morgan fingerprint density at radius 1 is 1.39 bits per heavy atom. The zero-order chi connectivity index (χ0) is 13.7. The fourth-order valence-electron chi connectivity index (χ4n) is 1.68. The van der Waals surface area contributed by atoms with Crippen molar-refractivity contribution in [3.05, 3.63) is 17.6 Å². The Balaban J connectivity index is 2.86. The van der Waals surface area contributed by atoms with E-state index in [0.29, 0.717) is 18.9 Å². The van der Waals surface area contributed by atoms with Gasteiger partial charge >= 0.3 is 0 Å². The SMILES string of the molecule is Cc1ncc(N(CCC(=N)N)CC(C)C)nc1C. The molecule has 0 atom stereocenters. The number of hydrogen-bond donors (Lipinski definition) is 2. The maximum Gasteiger partial charge on any atom is 0.147 e. The predicted molar refractivity (Wildman–Crippen MR) is 75.1 cm³/mol. The topological polar surface area (TPSA) is 78.9 Å². The molecule has 0 unspecified atom stereocenters. The molecule has 0 aromatic carbocycles. The number of nitrogens with two attached hydrogens (primary N) is 1. The average molecular weight is 249 g/mol. The van der Waals surface area contributed by atoms with Crippen LogP contribution in [0.1, 0.15) is 31.7 Å². The van der Waals surface area contributed by atoms with Crippen LogP contribution in [0.25, 0.3) is 0 Å². The Kier molecular flexibility index (Phi) is 5.07. The van der Waals surface area contributed by atoms with Gasteiger partial charge in [-0.05, 0) is 19.8 Å². The molecule has 0 bridgehead atoms. The van der Waals surface area contributed by atoms with Crippen molar-refractivity contribution in [3.63, 3.8) is 0 Å². The molecule has 3 N–H and O–H groups in total. The fourth-order valence-corrected chi connectivity index (χ4v) is 1.68. The van der Waals surface area contributed by atoms with Gasteiger partial charge in [0.25, 0.3) is 0 Å². The van der Waals surface area contributed by atoms with Crippen LogP contribution in [0.3, 0.4) is 0 Å². The zero-order valence-corrected chi connectivity index (χ0v) is 11.7. The molecule has 0 aliphatic rings. The van der Waals surface area contributed by atoms with E-state index in [0.717, 1.165) is 23.8 Å². The highest BCUT2D eigenvalue weighted by atomic mass is 15.2. The first kappa shape index (κ1) is 14.4. The molecule has 0 saturated heterocycles. The lowest BCUT2D eigenvalue weighted by molar-refractivity contribution is 0.607. The Labute approximate surface area is 109 Å². The Morgan fingerprint density at radius 3 is 2.56 bits per heavy atom. The maximum atomic E-state index is 7.32. The number of anilines is 1. The maximum absolute atomic E-state index is 7.32. The molecule has 0 spiro atoms. The highest BCUT2D eigenvalue weighted by Crippen LogP contribution is 2.14. The fraction of sp³-hybridized carbons (Fsp3) is 0.615. The van der Waals surface area contributed by atoms with Crippen molar-refractivity contribution in [2.75, 3.05) is 18.0 Å². The van der Waals surface area contributed by atoms with Crippen molar-refractivity contribution < 1.29 is 0 Å². The van der Waals surface area contributed by atoms with Crippen molar-refractivity contribution in [1.29, 1.82) is 5.41 Å². The second-order valence-corrected chi connectivity index (χ2v) is 5.01. The van der Waals surface area contributed by atoms with Gasteiger partial charge in [-0.2, -0.15) is 0 Å². The first-order valence-electron chi connectivity index (χ1n) is 6.28. The third-order valence-electron chi connectivity index (χ3n) is 2.74. The highest BCUT2D eigenvalue weighted by molar-refractivity contribution is 5.77. The molecular formula is C13H23N5. The molecule has 1 rings (SSSR count). The average Bonchev–Trinajstić information content (AvgIpc) is 2.27. The summed E-state index contributed by atoms with van der Waals surface area (Å²) >= 11 is 0. The van der Waals surface area contributed by atoms with E-state index in [1.54, 1.807) is 6.20 Å². The van der Waals surface area contributed by atoms with Crippen LogP contribution in [-0.2, 0) is 0 Å². The van der Waals surface area contributed by atoms with Crippen LogP contribution in [0.2, 0.25) is 0 Å². The van der Waals surface area contributed by atoms with Crippen LogP contribution >= 0.6 is 0 Å². The lowest BCUT2D eigenvalue weighted by Crippen LogP contribution is -2.32. The molecule has 0 saturated carbocycles. The summed E-state index contributed by atoms with van der Waals surface area (Å²) in [6, 6.07) is 0. The van der Waals surface area contributed by atoms with Gasteiger partial charge in [-0.25, -0.2) is 4.98 Å². The van der Waals surface area contributed by atoms with Gasteiger partial charge in [0.15, 0.2) is 0 Å². The largest absolute Gasteiger partial charge is 0.388 e. The standard InChI is InChI=1S/C13H23N5/c1-9(2)8-18(6-5-12(14)15)13-7-16-10(3)11(4)17-13/h7,9H,5-6,8H2,1-4H3,(H3,14,15). The zero-order valence-electron chi connectivity index (χ0n) is 11.7. The summed E-state index contributed by atoms with van der Waals surface area (Å²) in [7, 11) is 0. The molecule has 5 heteroatoms. The Morgan fingerprint density at radius 2 is 2.06 bits per heavy atom. The summed E-state index contributed by atoms with van der Waals surface area (Å²) in [6.07, 6.45) is 2.35. The van der Waals surface area contributed by atoms with Crippen LogP contribution in [-0.4, -0.2) is 28.9 Å². The molecule has 0 aliphatic heterocycles. The molecule has 1 aromatic rings. The number of nitrogens with one attached hydrogen (secondary N) is 1. The lowest BCUT2D eigenvalue weighted by Gasteiger charge is -2.25. The molecule has 18 heavy (non-hydrogen) atoms. The van der Waals surface area contributed by atoms with Crippen LogP contribution in [0.15, 0.2) is 6.20 Å². The van der Waals surface area contributed by atoms with Gasteiger partial charge in [0.2, 0.25) is 0 Å². The van der Waals surface area contributed by atoms with Gasteiger partial charge in [-0.3, -0.25) is 10.4 Å².